The smallest absolute Gasteiger partial charge is 0.423 e. The Balaban J connectivity index is 2.98. The highest BCUT2D eigenvalue weighted by atomic mass is 35.5. The van der Waals surface area contributed by atoms with Crippen molar-refractivity contribution in [2.24, 2.45) is 0 Å². The van der Waals surface area contributed by atoms with Gasteiger partial charge in [-0.25, -0.2) is 0 Å². The monoisotopic (exact) mass is 176 g/mol. The molecule has 0 atom stereocenters. The quantitative estimate of drug-likeness (QED) is 0.608. The average molecular weight is 176 g/mol. The number of thiophene rings is 1. The first-order valence-corrected chi connectivity index (χ1v) is 3.92. The number of halogens is 1. The number of rotatable bonds is 1. The molecule has 5 heteroatoms. The van der Waals surface area contributed by atoms with Gasteiger partial charge in [-0.3, -0.25) is 0 Å². The number of hydrogen-bond acceptors (Lipinski definition) is 3. The summed E-state index contributed by atoms with van der Waals surface area (Å²) in [5.41, 5.74) is 0.884. The molecule has 54 valence electrons. The minimum Gasteiger partial charge on any atom is -0.423 e. The van der Waals surface area contributed by atoms with Gasteiger partial charge in [0.1, 0.15) is 0 Å². The predicted molar refractivity (Wildman–Crippen MR) is 43.9 cm³/mol. The molecular weight excluding hydrogens is 170 g/mol. The Kier molecular flexibility index (Phi) is 2.36. The summed E-state index contributed by atoms with van der Waals surface area (Å²) in [6.45, 7) is 1.82. The van der Waals surface area contributed by atoms with Crippen LogP contribution in [0.3, 0.4) is 0 Å². The first-order chi connectivity index (χ1) is 4.61. The summed E-state index contributed by atoms with van der Waals surface area (Å²) in [6, 6.07) is 1.66. The molecule has 0 unspecified atom stereocenters. The lowest BCUT2D eigenvalue weighted by atomic mass is 9.89. The van der Waals surface area contributed by atoms with Crippen LogP contribution in [0.25, 0.3) is 0 Å². The molecule has 2 N–H and O–H groups in total. The standard InChI is InChI=1S/C5H6BClO2S/c1-3-2-4(6(8)9)10-5(3)7/h2,8-9H,1H3. The van der Waals surface area contributed by atoms with Gasteiger partial charge in [0, 0.05) is 4.78 Å². The highest BCUT2D eigenvalue weighted by molar-refractivity contribution is 7.25. The molecule has 0 spiro atoms. The summed E-state index contributed by atoms with van der Waals surface area (Å²) in [5.74, 6) is 0. The van der Waals surface area contributed by atoms with Gasteiger partial charge in [-0.15, -0.1) is 11.3 Å². The predicted octanol–water partition coefficient (Wildman–Crippen LogP) is 0.390. The van der Waals surface area contributed by atoms with Crippen LogP contribution in [0, 0.1) is 6.92 Å². The largest absolute Gasteiger partial charge is 0.499 e. The van der Waals surface area contributed by atoms with Crippen molar-refractivity contribution in [1.82, 2.24) is 0 Å². The lowest BCUT2D eigenvalue weighted by molar-refractivity contribution is 0.427. The van der Waals surface area contributed by atoms with Crippen LogP contribution < -0.4 is 4.78 Å². The van der Waals surface area contributed by atoms with Crippen LogP contribution in [-0.4, -0.2) is 17.2 Å². The molecule has 2 nitrogen and oxygen atoms in total. The maximum absolute atomic E-state index is 8.67. The Morgan fingerprint density at radius 3 is 2.40 bits per heavy atom. The summed E-state index contributed by atoms with van der Waals surface area (Å²) in [5, 5.41) is 17.3. The Bertz CT molecular complexity index is 216. The van der Waals surface area contributed by atoms with E-state index in [1.54, 1.807) is 6.07 Å². The molecule has 0 aromatic carbocycles. The van der Waals surface area contributed by atoms with E-state index >= 15 is 0 Å². The van der Waals surface area contributed by atoms with Gasteiger partial charge in [0.15, 0.2) is 0 Å². The second-order valence-electron chi connectivity index (χ2n) is 1.98. The zero-order valence-electron chi connectivity index (χ0n) is 5.34. The lowest BCUT2D eigenvalue weighted by Crippen LogP contribution is -2.26. The van der Waals surface area contributed by atoms with E-state index in [4.69, 9.17) is 21.6 Å². The maximum Gasteiger partial charge on any atom is 0.499 e. The molecule has 0 bridgehead atoms. The van der Waals surface area contributed by atoms with Crippen molar-refractivity contribution in [3.8, 4) is 0 Å². The second kappa shape index (κ2) is 2.92. The van der Waals surface area contributed by atoms with Crippen LogP contribution in [0.1, 0.15) is 5.56 Å². The number of hydrogen-bond donors (Lipinski definition) is 2. The Morgan fingerprint density at radius 1 is 1.60 bits per heavy atom. The van der Waals surface area contributed by atoms with Gasteiger partial charge in [-0.2, -0.15) is 0 Å². The molecule has 1 aromatic rings. The Labute approximate surface area is 68.2 Å². The van der Waals surface area contributed by atoms with Gasteiger partial charge in [0.05, 0.1) is 4.34 Å². The van der Waals surface area contributed by atoms with E-state index in [9.17, 15) is 0 Å². The van der Waals surface area contributed by atoms with Crippen molar-refractivity contribution in [3.63, 3.8) is 0 Å². The summed E-state index contributed by atoms with van der Waals surface area (Å²) >= 11 is 6.86. The van der Waals surface area contributed by atoms with E-state index in [2.05, 4.69) is 0 Å². The van der Waals surface area contributed by atoms with E-state index in [1.807, 2.05) is 6.92 Å². The first kappa shape index (κ1) is 8.08. The van der Waals surface area contributed by atoms with Gasteiger partial charge in [0.2, 0.25) is 0 Å². The molecule has 0 saturated heterocycles. The fourth-order valence-electron chi connectivity index (χ4n) is 0.611. The molecule has 1 rings (SSSR count). The van der Waals surface area contributed by atoms with E-state index in [-0.39, 0.29) is 0 Å². The zero-order chi connectivity index (χ0) is 7.72. The minimum atomic E-state index is -1.39. The maximum atomic E-state index is 8.67. The van der Waals surface area contributed by atoms with E-state index in [0.717, 1.165) is 5.56 Å². The molecule has 1 aromatic heterocycles. The molecule has 0 aliphatic heterocycles. The van der Waals surface area contributed by atoms with Crippen molar-refractivity contribution >= 4 is 34.8 Å². The van der Waals surface area contributed by atoms with Gasteiger partial charge in [0.25, 0.3) is 0 Å². The fraction of sp³-hybridized carbons (Fsp3) is 0.200. The first-order valence-electron chi connectivity index (χ1n) is 2.73. The van der Waals surface area contributed by atoms with Crippen LogP contribution >= 0.6 is 22.9 Å². The molecule has 0 fully saturated rings. The minimum absolute atomic E-state index is 0.488. The molecule has 0 saturated carbocycles. The van der Waals surface area contributed by atoms with Crippen LogP contribution in [-0.2, 0) is 0 Å². The van der Waals surface area contributed by atoms with Gasteiger partial charge < -0.3 is 10.0 Å². The van der Waals surface area contributed by atoms with Crippen molar-refractivity contribution in [2.75, 3.05) is 0 Å². The summed E-state index contributed by atoms with van der Waals surface area (Å²) in [6.07, 6.45) is 0. The second-order valence-corrected chi connectivity index (χ2v) is 3.67. The average Bonchev–Trinajstić information content (AvgIpc) is 2.13. The zero-order valence-corrected chi connectivity index (χ0v) is 6.91. The summed E-state index contributed by atoms with van der Waals surface area (Å²) in [4.78, 5) is 0. The molecule has 0 radical (unpaired) electrons. The molecule has 10 heavy (non-hydrogen) atoms. The van der Waals surface area contributed by atoms with Gasteiger partial charge in [-0.05, 0) is 18.6 Å². The molecule has 0 aliphatic carbocycles. The lowest BCUT2D eigenvalue weighted by Gasteiger charge is -1.87. The van der Waals surface area contributed by atoms with Crippen molar-refractivity contribution in [2.45, 2.75) is 6.92 Å². The molecule has 0 aliphatic rings. The van der Waals surface area contributed by atoms with Crippen molar-refractivity contribution < 1.29 is 10.0 Å². The molecule has 0 amide bonds. The topological polar surface area (TPSA) is 40.5 Å². The van der Waals surface area contributed by atoms with Gasteiger partial charge in [-0.1, -0.05) is 11.6 Å². The van der Waals surface area contributed by atoms with Crippen LogP contribution in [0.5, 0.6) is 0 Å². The Hall–Kier alpha value is -0.0251. The van der Waals surface area contributed by atoms with E-state index < -0.39 is 7.12 Å². The fourth-order valence-corrected chi connectivity index (χ4v) is 1.70. The molecule has 1 heterocycles. The van der Waals surface area contributed by atoms with Gasteiger partial charge >= 0.3 is 7.12 Å². The third kappa shape index (κ3) is 1.52. The Morgan fingerprint density at radius 2 is 2.20 bits per heavy atom. The van der Waals surface area contributed by atoms with E-state index in [0.29, 0.717) is 9.11 Å². The third-order valence-corrected chi connectivity index (χ3v) is 2.73. The summed E-state index contributed by atoms with van der Waals surface area (Å²) < 4.78 is 1.10. The number of aryl methyl sites for hydroxylation is 1. The van der Waals surface area contributed by atoms with Crippen LogP contribution in [0.15, 0.2) is 6.07 Å². The molecular formula is C5H6BClO2S. The van der Waals surface area contributed by atoms with Crippen LogP contribution in [0.4, 0.5) is 0 Å². The van der Waals surface area contributed by atoms with Crippen LogP contribution in [0.2, 0.25) is 4.34 Å². The highest BCUT2D eigenvalue weighted by Gasteiger charge is 2.14. The summed E-state index contributed by atoms with van der Waals surface area (Å²) in [7, 11) is -1.39. The van der Waals surface area contributed by atoms with E-state index in [1.165, 1.54) is 11.3 Å². The third-order valence-electron chi connectivity index (χ3n) is 1.13. The SMILES string of the molecule is Cc1cc(B(O)O)sc1Cl. The normalized spacial score (nSPS) is 10.0. The highest BCUT2D eigenvalue weighted by Crippen LogP contribution is 2.19. The van der Waals surface area contributed by atoms with Crippen molar-refractivity contribution in [3.05, 3.63) is 16.0 Å². The van der Waals surface area contributed by atoms with Crippen molar-refractivity contribution in [1.29, 1.82) is 0 Å².